The highest BCUT2D eigenvalue weighted by Gasteiger charge is 2.23. The van der Waals surface area contributed by atoms with Gasteiger partial charge in [-0.05, 0) is 54.1 Å². The second-order valence-corrected chi connectivity index (χ2v) is 10.5. The van der Waals surface area contributed by atoms with Crippen LogP contribution in [-0.2, 0) is 16.0 Å². The Morgan fingerprint density at radius 3 is 2.12 bits per heavy atom. The van der Waals surface area contributed by atoms with Gasteiger partial charge in [0.1, 0.15) is 6.04 Å². The molecule has 4 aromatic carbocycles. The maximum Gasteiger partial charge on any atom is 0.328 e. The van der Waals surface area contributed by atoms with E-state index in [2.05, 4.69) is 16.0 Å². The molecule has 4 aromatic rings. The Hall–Kier alpha value is -3.98. The van der Waals surface area contributed by atoms with Gasteiger partial charge in [0.2, 0.25) is 0 Å². The molecule has 0 fully saturated rings. The van der Waals surface area contributed by atoms with E-state index in [4.69, 9.17) is 27.9 Å². The number of urea groups is 1. The summed E-state index contributed by atoms with van der Waals surface area (Å²) in [4.78, 5) is 39.9. The summed E-state index contributed by atoms with van der Waals surface area (Å²) < 4.78 is 4.92. The van der Waals surface area contributed by atoms with Crippen LogP contribution in [0.2, 0.25) is 10.0 Å². The van der Waals surface area contributed by atoms with Crippen molar-refractivity contribution in [3.05, 3.63) is 118 Å². The molecule has 0 aromatic heterocycles. The molecular weight excluding hydrogens is 569 g/mol. The van der Waals surface area contributed by atoms with Gasteiger partial charge in [-0.15, -0.1) is 0 Å². The third kappa shape index (κ3) is 7.79. The molecule has 0 radical (unpaired) electrons. The highest BCUT2D eigenvalue weighted by molar-refractivity contribution is 7.99. The van der Waals surface area contributed by atoms with Crippen LogP contribution in [0, 0.1) is 0 Å². The van der Waals surface area contributed by atoms with Gasteiger partial charge in [0.15, 0.2) is 0 Å². The number of carbonyl (C=O) groups is 3. The Bertz CT molecular complexity index is 1480. The van der Waals surface area contributed by atoms with Crippen LogP contribution in [0.1, 0.15) is 15.9 Å². The second kappa shape index (κ2) is 13.9. The van der Waals surface area contributed by atoms with Crippen molar-refractivity contribution in [1.82, 2.24) is 5.32 Å². The van der Waals surface area contributed by atoms with E-state index in [1.165, 1.54) is 18.9 Å². The Balaban J connectivity index is 1.40. The lowest BCUT2D eigenvalue weighted by atomic mass is 10.1. The molecule has 0 saturated heterocycles. The average molecular weight is 595 g/mol. The number of carbonyl (C=O) groups excluding carboxylic acids is 3. The Morgan fingerprint density at radius 1 is 0.800 bits per heavy atom. The fourth-order valence-electron chi connectivity index (χ4n) is 3.79. The van der Waals surface area contributed by atoms with E-state index < -0.39 is 23.9 Å². The summed E-state index contributed by atoms with van der Waals surface area (Å²) in [6, 6.07) is 27.4. The number of para-hydroxylation sites is 1. The first-order valence-corrected chi connectivity index (χ1v) is 13.7. The smallest absolute Gasteiger partial charge is 0.328 e. The molecule has 0 bridgehead atoms. The highest BCUT2D eigenvalue weighted by atomic mass is 35.5. The molecular formula is C30H25Cl2N3O4S. The van der Waals surface area contributed by atoms with Gasteiger partial charge in [-0.25, -0.2) is 9.59 Å². The zero-order valence-electron chi connectivity index (χ0n) is 21.3. The molecule has 0 saturated carbocycles. The van der Waals surface area contributed by atoms with Gasteiger partial charge in [-0.3, -0.25) is 4.79 Å². The predicted molar refractivity (Wildman–Crippen MR) is 160 cm³/mol. The van der Waals surface area contributed by atoms with Gasteiger partial charge in [0.25, 0.3) is 5.91 Å². The van der Waals surface area contributed by atoms with E-state index in [0.717, 1.165) is 15.4 Å². The van der Waals surface area contributed by atoms with E-state index >= 15 is 0 Å². The molecule has 4 rings (SSSR count). The van der Waals surface area contributed by atoms with Crippen molar-refractivity contribution in [3.8, 4) is 0 Å². The topological polar surface area (TPSA) is 96.5 Å². The molecule has 204 valence electrons. The Kier molecular flexibility index (Phi) is 10.1. The molecule has 3 N–H and O–H groups in total. The summed E-state index contributed by atoms with van der Waals surface area (Å²) >= 11 is 13.8. The van der Waals surface area contributed by atoms with Gasteiger partial charge in [-0.2, -0.15) is 0 Å². The van der Waals surface area contributed by atoms with Gasteiger partial charge in [0, 0.05) is 21.9 Å². The van der Waals surface area contributed by atoms with Crippen molar-refractivity contribution >= 4 is 64.2 Å². The fourth-order valence-corrected chi connectivity index (χ4v) is 5.29. The molecule has 10 heteroatoms. The minimum Gasteiger partial charge on any atom is -0.467 e. The number of methoxy groups -OCH3 is 1. The third-order valence-corrected chi connectivity index (χ3v) is 7.45. The van der Waals surface area contributed by atoms with Crippen molar-refractivity contribution in [2.45, 2.75) is 22.3 Å². The zero-order valence-corrected chi connectivity index (χ0v) is 23.6. The normalized spacial score (nSPS) is 11.3. The van der Waals surface area contributed by atoms with Crippen LogP contribution in [-0.4, -0.2) is 31.1 Å². The molecule has 3 amide bonds. The SMILES string of the molecule is COC(=O)C(Cc1ccc(NC(=O)c2c(Cl)cccc2Cl)cc1)NC(=O)Nc1ccccc1Sc1ccccc1. The fraction of sp³-hybridized carbons (Fsp3) is 0.100. The first kappa shape index (κ1) is 29.0. The van der Waals surface area contributed by atoms with Crippen molar-refractivity contribution in [1.29, 1.82) is 0 Å². The predicted octanol–water partition coefficient (Wildman–Crippen LogP) is 7.30. The lowest BCUT2D eigenvalue weighted by molar-refractivity contribution is -0.142. The van der Waals surface area contributed by atoms with Crippen LogP contribution in [0.15, 0.2) is 107 Å². The maximum atomic E-state index is 12.9. The molecule has 1 unspecified atom stereocenters. The number of ether oxygens (including phenoxy) is 1. The maximum absolute atomic E-state index is 12.9. The van der Waals surface area contributed by atoms with Gasteiger partial charge < -0.3 is 20.7 Å². The summed E-state index contributed by atoms with van der Waals surface area (Å²) in [6.45, 7) is 0. The van der Waals surface area contributed by atoms with E-state index in [1.807, 2.05) is 48.5 Å². The third-order valence-electron chi connectivity index (χ3n) is 5.74. The van der Waals surface area contributed by atoms with E-state index in [0.29, 0.717) is 11.4 Å². The van der Waals surface area contributed by atoms with Crippen molar-refractivity contribution < 1.29 is 19.1 Å². The summed E-state index contributed by atoms with van der Waals surface area (Å²) in [5.41, 5.74) is 2.04. The number of hydrogen-bond acceptors (Lipinski definition) is 5. The number of anilines is 2. The number of esters is 1. The Labute approximate surface area is 246 Å². The number of rotatable bonds is 9. The van der Waals surface area contributed by atoms with Crippen molar-refractivity contribution in [2.75, 3.05) is 17.7 Å². The molecule has 0 aliphatic carbocycles. The van der Waals surface area contributed by atoms with Gasteiger partial charge in [-0.1, -0.05) is 83.5 Å². The number of benzene rings is 4. The van der Waals surface area contributed by atoms with Crippen LogP contribution < -0.4 is 16.0 Å². The summed E-state index contributed by atoms with van der Waals surface area (Å²) in [5, 5.41) is 8.78. The molecule has 0 aliphatic rings. The van der Waals surface area contributed by atoms with E-state index in [1.54, 1.807) is 48.5 Å². The van der Waals surface area contributed by atoms with Crippen molar-refractivity contribution in [3.63, 3.8) is 0 Å². The minimum atomic E-state index is -0.943. The van der Waals surface area contributed by atoms with Crippen LogP contribution in [0.3, 0.4) is 0 Å². The second-order valence-electron chi connectivity index (χ2n) is 8.54. The quantitative estimate of drug-likeness (QED) is 0.177. The van der Waals surface area contributed by atoms with Gasteiger partial charge in [0.05, 0.1) is 28.4 Å². The standard InChI is InChI=1S/C30H25Cl2N3O4S/c1-39-29(37)25(35-30(38)34-24-12-5-6-13-26(24)40-21-8-3-2-4-9-21)18-19-14-16-20(17-15-19)33-28(36)27-22(31)10-7-11-23(27)32/h2-17,25H,18H2,1H3,(H,33,36)(H2,34,35,38). The molecule has 0 spiro atoms. The summed E-state index contributed by atoms with van der Waals surface area (Å²) in [5.74, 6) is -1.03. The Morgan fingerprint density at radius 2 is 1.45 bits per heavy atom. The van der Waals surface area contributed by atoms with Crippen LogP contribution in [0.4, 0.5) is 16.2 Å². The van der Waals surface area contributed by atoms with Crippen LogP contribution in [0.5, 0.6) is 0 Å². The first-order chi connectivity index (χ1) is 19.3. The molecule has 40 heavy (non-hydrogen) atoms. The lowest BCUT2D eigenvalue weighted by Crippen LogP contribution is -2.45. The summed E-state index contributed by atoms with van der Waals surface area (Å²) in [7, 11) is 1.26. The molecule has 1 atom stereocenters. The molecule has 0 aliphatic heterocycles. The lowest BCUT2D eigenvalue weighted by Gasteiger charge is -2.18. The largest absolute Gasteiger partial charge is 0.467 e. The highest BCUT2D eigenvalue weighted by Crippen LogP contribution is 2.33. The van der Waals surface area contributed by atoms with E-state index in [-0.39, 0.29) is 22.0 Å². The van der Waals surface area contributed by atoms with Crippen LogP contribution in [0.25, 0.3) is 0 Å². The number of hydrogen-bond donors (Lipinski definition) is 3. The zero-order chi connectivity index (χ0) is 28.5. The number of amides is 3. The van der Waals surface area contributed by atoms with Crippen molar-refractivity contribution in [2.24, 2.45) is 0 Å². The minimum absolute atomic E-state index is 0.172. The van der Waals surface area contributed by atoms with Crippen LogP contribution >= 0.6 is 35.0 Å². The first-order valence-electron chi connectivity index (χ1n) is 12.2. The monoisotopic (exact) mass is 593 g/mol. The summed E-state index contributed by atoms with van der Waals surface area (Å²) in [6.07, 6.45) is 0.172. The average Bonchev–Trinajstić information content (AvgIpc) is 2.95. The van der Waals surface area contributed by atoms with E-state index in [9.17, 15) is 14.4 Å². The number of nitrogens with one attached hydrogen (secondary N) is 3. The number of halogens is 2. The molecule has 7 nitrogen and oxygen atoms in total. The van der Waals surface area contributed by atoms with Gasteiger partial charge >= 0.3 is 12.0 Å². The molecule has 0 heterocycles.